The van der Waals surface area contributed by atoms with Crippen molar-refractivity contribution in [3.8, 4) is 0 Å². The van der Waals surface area contributed by atoms with Gasteiger partial charge in [-0.2, -0.15) is 0 Å². The van der Waals surface area contributed by atoms with Gasteiger partial charge in [-0.25, -0.2) is 0 Å². The van der Waals surface area contributed by atoms with Crippen LogP contribution in [-0.4, -0.2) is 59.6 Å². The van der Waals surface area contributed by atoms with Crippen LogP contribution in [-0.2, 0) is 19.2 Å². The van der Waals surface area contributed by atoms with E-state index in [-0.39, 0.29) is 36.7 Å². The van der Waals surface area contributed by atoms with Crippen LogP contribution in [0.5, 0.6) is 0 Å². The van der Waals surface area contributed by atoms with Crippen molar-refractivity contribution in [1.82, 2.24) is 9.80 Å². The van der Waals surface area contributed by atoms with Crippen molar-refractivity contribution in [2.45, 2.75) is 25.7 Å². The summed E-state index contributed by atoms with van der Waals surface area (Å²) in [6.45, 7) is 1.33. The van der Waals surface area contributed by atoms with Crippen molar-refractivity contribution >= 4 is 35.0 Å². The molecular formula is C26H30N4O4. The third-order valence-corrected chi connectivity index (χ3v) is 6.42. The van der Waals surface area contributed by atoms with Gasteiger partial charge in [0.25, 0.3) is 0 Å². The van der Waals surface area contributed by atoms with E-state index >= 15 is 0 Å². The zero-order valence-electron chi connectivity index (χ0n) is 19.1. The maximum Gasteiger partial charge on any atom is 0.312 e. The van der Waals surface area contributed by atoms with Gasteiger partial charge in [0.15, 0.2) is 0 Å². The lowest BCUT2D eigenvalue weighted by molar-refractivity contribution is -0.154. The molecule has 0 aliphatic carbocycles. The van der Waals surface area contributed by atoms with E-state index in [1.54, 1.807) is 0 Å². The van der Waals surface area contributed by atoms with Crippen molar-refractivity contribution in [1.29, 1.82) is 0 Å². The lowest BCUT2D eigenvalue weighted by Crippen LogP contribution is -2.53. The Morgan fingerprint density at radius 3 is 1.38 bits per heavy atom. The van der Waals surface area contributed by atoms with Gasteiger partial charge in [0.1, 0.15) is 0 Å². The average Bonchev–Trinajstić information content (AvgIpc) is 2.89. The largest absolute Gasteiger partial charge is 0.334 e. The Labute approximate surface area is 199 Å². The summed E-state index contributed by atoms with van der Waals surface area (Å²) in [7, 11) is 0. The molecule has 2 aliphatic heterocycles. The number of amides is 4. The van der Waals surface area contributed by atoms with E-state index in [4.69, 9.17) is 0 Å². The van der Waals surface area contributed by atoms with Crippen LogP contribution in [0.1, 0.15) is 25.7 Å². The van der Waals surface area contributed by atoms with Crippen molar-refractivity contribution < 1.29 is 19.2 Å². The van der Waals surface area contributed by atoms with Gasteiger partial charge < -0.3 is 20.4 Å². The molecule has 8 heteroatoms. The molecule has 0 radical (unpaired) electrons. The number of likely N-dealkylation sites (tertiary alicyclic amines) is 2. The summed E-state index contributed by atoms with van der Waals surface area (Å²) in [5.41, 5.74) is 1.42. The van der Waals surface area contributed by atoms with Crippen LogP contribution in [0.4, 0.5) is 11.4 Å². The standard InChI is InChI=1S/C26H30N4O4/c31-23(27-21-11-3-1-4-12-21)19-9-7-15-29(17-19)25(33)26(34)30-16-8-10-20(18-30)24(32)28-22-13-5-2-6-14-22/h1-6,11-14,19-20H,7-10,15-18H2,(H,27,31)(H,28,32). The number of carbonyl (C=O) groups is 4. The number of benzene rings is 2. The molecule has 4 amide bonds. The smallest absolute Gasteiger partial charge is 0.312 e. The third kappa shape index (κ3) is 5.81. The lowest BCUT2D eigenvalue weighted by atomic mass is 9.95. The molecule has 2 heterocycles. The van der Waals surface area contributed by atoms with Gasteiger partial charge in [-0.15, -0.1) is 0 Å². The van der Waals surface area contributed by atoms with E-state index < -0.39 is 11.8 Å². The first-order valence-corrected chi connectivity index (χ1v) is 11.8. The predicted octanol–water partition coefficient (Wildman–Crippen LogP) is 2.74. The summed E-state index contributed by atoms with van der Waals surface area (Å²) in [5.74, 6) is -2.21. The Balaban J connectivity index is 1.32. The summed E-state index contributed by atoms with van der Waals surface area (Å²) in [4.78, 5) is 54.3. The summed E-state index contributed by atoms with van der Waals surface area (Å²) >= 11 is 0. The molecule has 2 unspecified atom stereocenters. The Morgan fingerprint density at radius 2 is 1.00 bits per heavy atom. The number of piperidine rings is 2. The number of nitrogens with zero attached hydrogens (tertiary/aromatic N) is 2. The first-order valence-electron chi connectivity index (χ1n) is 11.8. The van der Waals surface area contributed by atoms with Crippen molar-refractivity contribution in [2.24, 2.45) is 11.8 Å². The first-order chi connectivity index (χ1) is 16.5. The number of rotatable bonds is 4. The monoisotopic (exact) mass is 462 g/mol. The molecule has 0 saturated carbocycles. The molecule has 2 N–H and O–H groups in total. The molecule has 2 saturated heterocycles. The van der Waals surface area contributed by atoms with E-state index in [1.807, 2.05) is 60.7 Å². The second-order valence-electron chi connectivity index (χ2n) is 8.89. The molecule has 178 valence electrons. The highest BCUT2D eigenvalue weighted by atomic mass is 16.2. The molecular weight excluding hydrogens is 432 g/mol. The summed E-state index contributed by atoms with van der Waals surface area (Å²) in [6.07, 6.45) is 2.66. The predicted molar refractivity (Wildman–Crippen MR) is 129 cm³/mol. The number of nitrogens with one attached hydrogen (secondary N) is 2. The van der Waals surface area contributed by atoms with E-state index in [2.05, 4.69) is 10.6 Å². The normalized spacial score (nSPS) is 20.4. The highest BCUT2D eigenvalue weighted by Gasteiger charge is 2.36. The zero-order chi connectivity index (χ0) is 23.9. The van der Waals surface area contributed by atoms with Crippen LogP contribution in [0.25, 0.3) is 0 Å². The third-order valence-electron chi connectivity index (χ3n) is 6.42. The van der Waals surface area contributed by atoms with Gasteiger partial charge in [0.2, 0.25) is 11.8 Å². The Bertz CT molecular complexity index is 944. The number of hydrogen-bond acceptors (Lipinski definition) is 4. The van der Waals surface area contributed by atoms with Crippen LogP contribution in [0.15, 0.2) is 60.7 Å². The highest BCUT2D eigenvalue weighted by molar-refractivity contribution is 6.35. The molecule has 0 spiro atoms. The van der Waals surface area contributed by atoms with Crippen molar-refractivity contribution in [3.63, 3.8) is 0 Å². The maximum atomic E-state index is 13.0. The van der Waals surface area contributed by atoms with Gasteiger partial charge in [-0.1, -0.05) is 36.4 Å². The number of hydrogen-bond donors (Lipinski definition) is 2. The molecule has 4 rings (SSSR count). The molecule has 2 aromatic rings. The Kier molecular flexibility index (Phi) is 7.57. The molecule has 8 nitrogen and oxygen atoms in total. The Hall–Kier alpha value is -3.68. The fraction of sp³-hybridized carbons (Fsp3) is 0.385. The van der Waals surface area contributed by atoms with Gasteiger partial charge in [-0.05, 0) is 49.9 Å². The summed E-state index contributed by atoms with van der Waals surface area (Å²) < 4.78 is 0. The van der Waals surface area contributed by atoms with Gasteiger partial charge in [-0.3, -0.25) is 19.2 Å². The summed E-state index contributed by atoms with van der Waals surface area (Å²) in [6, 6.07) is 18.4. The van der Waals surface area contributed by atoms with Gasteiger partial charge in [0, 0.05) is 37.6 Å². The molecule has 0 aromatic heterocycles. The van der Waals surface area contributed by atoms with E-state index in [1.165, 1.54) is 9.80 Å². The number of anilines is 2. The zero-order valence-corrected chi connectivity index (χ0v) is 19.1. The fourth-order valence-corrected chi connectivity index (χ4v) is 4.55. The topological polar surface area (TPSA) is 98.8 Å². The van der Waals surface area contributed by atoms with Crippen molar-refractivity contribution in [3.05, 3.63) is 60.7 Å². The molecule has 34 heavy (non-hydrogen) atoms. The van der Waals surface area contributed by atoms with E-state index in [0.29, 0.717) is 50.1 Å². The molecule has 0 bridgehead atoms. The Morgan fingerprint density at radius 1 is 0.618 bits per heavy atom. The van der Waals surface area contributed by atoms with E-state index in [9.17, 15) is 19.2 Å². The number of para-hydroxylation sites is 2. The maximum absolute atomic E-state index is 13.0. The van der Waals surface area contributed by atoms with Crippen LogP contribution >= 0.6 is 0 Å². The summed E-state index contributed by atoms with van der Waals surface area (Å²) in [5, 5.41) is 5.77. The minimum absolute atomic E-state index is 0.147. The van der Waals surface area contributed by atoms with Crippen LogP contribution < -0.4 is 10.6 Å². The molecule has 2 fully saturated rings. The highest BCUT2D eigenvalue weighted by Crippen LogP contribution is 2.22. The van der Waals surface area contributed by atoms with Crippen LogP contribution in [0.2, 0.25) is 0 Å². The molecule has 2 aromatic carbocycles. The van der Waals surface area contributed by atoms with Crippen molar-refractivity contribution in [2.75, 3.05) is 36.8 Å². The second kappa shape index (κ2) is 11.0. The minimum atomic E-state index is -0.596. The second-order valence-corrected chi connectivity index (χ2v) is 8.89. The lowest BCUT2D eigenvalue weighted by Gasteiger charge is -2.35. The van der Waals surface area contributed by atoms with Crippen LogP contribution in [0, 0.1) is 11.8 Å². The quantitative estimate of drug-likeness (QED) is 0.683. The first kappa shape index (κ1) is 23.5. The molecule has 2 atom stereocenters. The minimum Gasteiger partial charge on any atom is -0.334 e. The average molecular weight is 463 g/mol. The fourth-order valence-electron chi connectivity index (χ4n) is 4.55. The van der Waals surface area contributed by atoms with Gasteiger partial charge in [0.05, 0.1) is 11.8 Å². The van der Waals surface area contributed by atoms with Crippen LogP contribution in [0.3, 0.4) is 0 Å². The SMILES string of the molecule is O=C(Nc1ccccc1)C1CCCN(C(=O)C(=O)N2CCCC(C(=O)Nc3ccccc3)C2)C1. The number of carbonyl (C=O) groups excluding carboxylic acids is 4. The van der Waals surface area contributed by atoms with E-state index in [0.717, 1.165) is 0 Å². The molecule has 2 aliphatic rings. The van der Waals surface area contributed by atoms with Gasteiger partial charge >= 0.3 is 11.8 Å².